The maximum atomic E-state index is 9.72. The van der Waals surface area contributed by atoms with Crippen LogP contribution in [0.25, 0.3) is 0 Å². The summed E-state index contributed by atoms with van der Waals surface area (Å²) >= 11 is 5.80. The summed E-state index contributed by atoms with van der Waals surface area (Å²) < 4.78 is 0. The monoisotopic (exact) mass is 249 g/mol. The number of halogens is 2. The van der Waals surface area contributed by atoms with Crippen molar-refractivity contribution < 1.29 is 5.11 Å². The number of rotatable bonds is 1. The second-order valence-electron chi connectivity index (χ2n) is 4.52. The molecule has 1 rings (SSSR count). The molecule has 0 heterocycles. The zero-order valence-electron chi connectivity index (χ0n) is 9.12. The Morgan fingerprint density at radius 1 is 1.33 bits per heavy atom. The van der Waals surface area contributed by atoms with Gasteiger partial charge in [-0.15, -0.1) is 12.4 Å². The van der Waals surface area contributed by atoms with Crippen LogP contribution in [0.4, 0.5) is 0 Å². The summed E-state index contributed by atoms with van der Waals surface area (Å²) in [6.45, 7) is 6.08. The Balaban J connectivity index is 0.00000196. The van der Waals surface area contributed by atoms with E-state index >= 15 is 0 Å². The standard InChI is InChI=1S/C11H16ClNO.ClH/c1-11(2,3)10(13)7-5-4-6-8(12)9(7)14;/h4-6,10,14H,13H2,1-3H3;1H/t10-;/m0./s1. The van der Waals surface area contributed by atoms with Gasteiger partial charge in [-0.3, -0.25) is 0 Å². The molecule has 2 nitrogen and oxygen atoms in total. The van der Waals surface area contributed by atoms with Crippen LogP contribution in [0.15, 0.2) is 18.2 Å². The number of phenols is 1. The lowest BCUT2D eigenvalue weighted by Crippen LogP contribution is -2.26. The molecule has 0 aliphatic heterocycles. The van der Waals surface area contributed by atoms with Crippen LogP contribution in [-0.4, -0.2) is 5.11 Å². The van der Waals surface area contributed by atoms with Gasteiger partial charge in [-0.1, -0.05) is 44.5 Å². The predicted octanol–water partition coefficient (Wildman–Crippen LogP) is 3.51. The minimum atomic E-state index is -0.221. The van der Waals surface area contributed by atoms with Crippen molar-refractivity contribution >= 4 is 24.0 Å². The van der Waals surface area contributed by atoms with E-state index in [4.69, 9.17) is 17.3 Å². The average Bonchev–Trinajstić information content (AvgIpc) is 2.07. The van der Waals surface area contributed by atoms with Crippen LogP contribution < -0.4 is 5.73 Å². The van der Waals surface area contributed by atoms with Crippen molar-refractivity contribution in [3.8, 4) is 5.75 Å². The van der Waals surface area contributed by atoms with Gasteiger partial charge in [0.15, 0.2) is 0 Å². The summed E-state index contributed by atoms with van der Waals surface area (Å²) in [5, 5.41) is 10.1. The molecule has 0 aliphatic rings. The highest BCUT2D eigenvalue weighted by Gasteiger charge is 2.25. The first-order valence-corrected chi connectivity index (χ1v) is 4.95. The van der Waals surface area contributed by atoms with Gasteiger partial charge in [0, 0.05) is 11.6 Å². The lowest BCUT2D eigenvalue weighted by atomic mass is 9.83. The molecular weight excluding hydrogens is 233 g/mol. The number of hydrogen-bond acceptors (Lipinski definition) is 2. The molecule has 86 valence electrons. The summed E-state index contributed by atoms with van der Waals surface area (Å²) in [4.78, 5) is 0. The van der Waals surface area contributed by atoms with Gasteiger partial charge in [0.1, 0.15) is 5.75 Å². The predicted molar refractivity (Wildman–Crippen MR) is 66.7 cm³/mol. The number of nitrogens with two attached hydrogens (primary N) is 1. The van der Waals surface area contributed by atoms with Crippen LogP contribution in [0.1, 0.15) is 32.4 Å². The number of hydrogen-bond donors (Lipinski definition) is 2. The van der Waals surface area contributed by atoms with Crippen molar-refractivity contribution in [2.75, 3.05) is 0 Å². The van der Waals surface area contributed by atoms with Crippen LogP contribution in [0.5, 0.6) is 5.75 Å². The molecule has 0 aromatic heterocycles. The largest absolute Gasteiger partial charge is 0.506 e. The third-order valence-electron chi connectivity index (χ3n) is 2.29. The van der Waals surface area contributed by atoms with E-state index in [1.807, 2.05) is 20.8 Å². The molecule has 4 heteroatoms. The highest BCUT2D eigenvalue weighted by atomic mass is 35.5. The van der Waals surface area contributed by atoms with Crippen molar-refractivity contribution in [1.29, 1.82) is 0 Å². The normalized spacial score (nSPS) is 13.1. The minimum absolute atomic E-state index is 0. The second kappa shape index (κ2) is 5.06. The Morgan fingerprint density at radius 3 is 2.33 bits per heavy atom. The van der Waals surface area contributed by atoms with E-state index in [1.54, 1.807) is 18.2 Å². The van der Waals surface area contributed by atoms with E-state index < -0.39 is 0 Å². The Morgan fingerprint density at radius 2 is 1.87 bits per heavy atom. The Kier molecular flexibility index (Phi) is 4.91. The molecule has 15 heavy (non-hydrogen) atoms. The molecule has 0 unspecified atom stereocenters. The molecule has 1 atom stereocenters. The van der Waals surface area contributed by atoms with Crippen molar-refractivity contribution in [2.45, 2.75) is 26.8 Å². The van der Waals surface area contributed by atoms with Gasteiger partial charge in [-0.05, 0) is 11.5 Å². The number of aromatic hydroxyl groups is 1. The third kappa shape index (κ3) is 3.26. The van der Waals surface area contributed by atoms with Gasteiger partial charge in [0.05, 0.1) is 5.02 Å². The van der Waals surface area contributed by atoms with Gasteiger partial charge in [0.2, 0.25) is 0 Å². The summed E-state index contributed by atoms with van der Waals surface area (Å²) in [6.07, 6.45) is 0. The first kappa shape index (κ1) is 14.6. The van der Waals surface area contributed by atoms with Crippen LogP contribution in [0.3, 0.4) is 0 Å². The fraction of sp³-hybridized carbons (Fsp3) is 0.455. The van der Waals surface area contributed by atoms with Gasteiger partial charge < -0.3 is 10.8 Å². The minimum Gasteiger partial charge on any atom is -0.506 e. The highest BCUT2D eigenvalue weighted by molar-refractivity contribution is 6.32. The van der Waals surface area contributed by atoms with Crippen molar-refractivity contribution in [3.63, 3.8) is 0 Å². The van der Waals surface area contributed by atoms with Crippen molar-refractivity contribution in [2.24, 2.45) is 11.1 Å². The number of benzene rings is 1. The smallest absolute Gasteiger partial charge is 0.138 e. The van der Waals surface area contributed by atoms with E-state index in [0.29, 0.717) is 10.6 Å². The van der Waals surface area contributed by atoms with Crippen molar-refractivity contribution in [3.05, 3.63) is 28.8 Å². The maximum Gasteiger partial charge on any atom is 0.138 e. The Labute approximate surface area is 102 Å². The topological polar surface area (TPSA) is 46.2 Å². The van der Waals surface area contributed by atoms with E-state index in [2.05, 4.69) is 0 Å². The van der Waals surface area contributed by atoms with Crippen LogP contribution in [0.2, 0.25) is 5.02 Å². The van der Waals surface area contributed by atoms with Gasteiger partial charge in [-0.2, -0.15) is 0 Å². The fourth-order valence-electron chi connectivity index (χ4n) is 1.25. The van der Waals surface area contributed by atoms with Crippen LogP contribution in [-0.2, 0) is 0 Å². The zero-order valence-corrected chi connectivity index (χ0v) is 10.7. The number of phenolic OH excluding ortho intramolecular Hbond substituents is 1. The Hall–Kier alpha value is -0.440. The Bertz CT molecular complexity index is 334. The van der Waals surface area contributed by atoms with Gasteiger partial charge >= 0.3 is 0 Å². The maximum absolute atomic E-state index is 9.72. The SMILES string of the molecule is CC(C)(C)[C@@H](N)c1cccc(Cl)c1O.Cl. The van der Waals surface area contributed by atoms with E-state index in [9.17, 15) is 5.11 Å². The third-order valence-corrected chi connectivity index (χ3v) is 2.59. The quantitative estimate of drug-likeness (QED) is 0.801. The first-order valence-electron chi connectivity index (χ1n) is 4.57. The second-order valence-corrected chi connectivity index (χ2v) is 4.93. The van der Waals surface area contributed by atoms with Crippen LogP contribution in [0, 0.1) is 5.41 Å². The van der Waals surface area contributed by atoms with Gasteiger partial charge in [0.25, 0.3) is 0 Å². The molecule has 0 spiro atoms. The molecule has 0 bridgehead atoms. The summed E-state index contributed by atoms with van der Waals surface area (Å²) in [5.41, 5.74) is 6.63. The average molecular weight is 250 g/mol. The van der Waals surface area contributed by atoms with E-state index in [-0.39, 0.29) is 29.6 Å². The van der Waals surface area contributed by atoms with Gasteiger partial charge in [-0.25, -0.2) is 0 Å². The molecule has 1 aromatic carbocycles. The van der Waals surface area contributed by atoms with Crippen molar-refractivity contribution in [1.82, 2.24) is 0 Å². The molecular formula is C11H17Cl2NO. The molecule has 0 amide bonds. The lowest BCUT2D eigenvalue weighted by molar-refractivity contribution is 0.318. The molecule has 3 N–H and O–H groups in total. The molecule has 1 aromatic rings. The highest BCUT2D eigenvalue weighted by Crippen LogP contribution is 2.38. The molecule has 0 saturated heterocycles. The molecule has 0 aliphatic carbocycles. The molecule has 0 fully saturated rings. The summed E-state index contributed by atoms with van der Waals surface area (Å²) in [5.74, 6) is 0.0941. The molecule has 0 saturated carbocycles. The fourth-order valence-corrected chi connectivity index (χ4v) is 1.43. The van der Waals surface area contributed by atoms with E-state index in [0.717, 1.165) is 0 Å². The van der Waals surface area contributed by atoms with Crippen LogP contribution >= 0.6 is 24.0 Å². The zero-order chi connectivity index (χ0) is 10.9. The summed E-state index contributed by atoms with van der Waals surface area (Å²) in [6, 6.07) is 5.02. The number of para-hydroxylation sites is 1. The first-order chi connectivity index (χ1) is 6.34. The summed E-state index contributed by atoms with van der Waals surface area (Å²) in [7, 11) is 0. The lowest BCUT2D eigenvalue weighted by Gasteiger charge is -2.28. The van der Waals surface area contributed by atoms with E-state index in [1.165, 1.54) is 0 Å². The molecule has 0 radical (unpaired) electrons.